The van der Waals surface area contributed by atoms with E-state index in [9.17, 15) is 26.4 Å². The summed E-state index contributed by atoms with van der Waals surface area (Å²) in [5.41, 5.74) is 0. The van der Waals surface area contributed by atoms with Crippen molar-refractivity contribution in [3.8, 4) is 5.75 Å². The highest BCUT2D eigenvalue weighted by atomic mass is 32.2. The van der Waals surface area contributed by atoms with Gasteiger partial charge in [0, 0.05) is 65.3 Å². The summed E-state index contributed by atoms with van der Waals surface area (Å²) in [5, 5.41) is 10.4. The zero-order valence-corrected chi connectivity index (χ0v) is 24.1. The van der Waals surface area contributed by atoms with E-state index in [0.29, 0.717) is 50.4 Å². The van der Waals surface area contributed by atoms with Crippen LogP contribution in [0.5, 0.6) is 5.75 Å². The summed E-state index contributed by atoms with van der Waals surface area (Å²) in [6, 6.07) is 6.57. The van der Waals surface area contributed by atoms with Gasteiger partial charge in [0.05, 0.1) is 11.5 Å². The number of amides is 1. The number of nitrogens with one attached hydrogen (secondary N) is 1. The third-order valence-electron chi connectivity index (χ3n) is 6.67. The molecule has 1 aromatic rings. The second-order valence-corrected chi connectivity index (χ2v) is 12.1. The lowest BCUT2D eigenvalue weighted by Crippen LogP contribution is -2.48. The van der Waals surface area contributed by atoms with Crippen molar-refractivity contribution in [2.45, 2.75) is 44.7 Å². The Morgan fingerprint density at radius 3 is 2.12 bits per heavy atom. The van der Waals surface area contributed by atoms with Crippen LogP contribution >= 0.6 is 0 Å². The molecule has 2 saturated heterocycles. The molecule has 0 bridgehead atoms. The first-order chi connectivity index (χ1) is 18.7. The van der Waals surface area contributed by atoms with Gasteiger partial charge in [-0.25, -0.2) is 13.2 Å². The van der Waals surface area contributed by atoms with E-state index >= 15 is 0 Å². The number of carboxylic acid groups (broad SMARTS) is 1. The molecule has 0 aliphatic carbocycles. The number of likely N-dealkylation sites (tertiary alicyclic amines) is 1. The molecule has 0 spiro atoms. The summed E-state index contributed by atoms with van der Waals surface area (Å²) in [7, 11) is -3.72. The Morgan fingerprint density at radius 1 is 1.07 bits per heavy atom. The molecule has 2 unspecified atom stereocenters. The van der Waals surface area contributed by atoms with E-state index in [1.807, 2.05) is 11.8 Å². The third-order valence-corrected chi connectivity index (χ3v) is 8.58. The highest BCUT2D eigenvalue weighted by Gasteiger charge is 2.38. The molecule has 0 aromatic heterocycles. The quantitative estimate of drug-likeness (QED) is 0.424. The molecular formula is C26H41F3N4O6S. The first kappa shape index (κ1) is 33.8. The number of hydrogen-bond donors (Lipinski definition) is 2. The summed E-state index contributed by atoms with van der Waals surface area (Å²) >= 11 is 0. The molecule has 0 saturated carbocycles. The maximum atomic E-state index is 13.5. The maximum absolute atomic E-state index is 13.5. The average Bonchev–Trinajstić information content (AvgIpc) is 2.88. The summed E-state index contributed by atoms with van der Waals surface area (Å²) in [4.78, 5) is 26.0. The summed E-state index contributed by atoms with van der Waals surface area (Å²) in [6.45, 7) is 13.1. The van der Waals surface area contributed by atoms with Gasteiger partial charge in [-0.1, -0.05) is 13.8 Å². The lowest BCUT2D eigenvalue weighted by atomic mass is 9.92. The number of aliphatic carboxylic acids is 1. The van der Waals surface area contributed by atoms with Crippen LogP contribution in [0.15, 0.2) is 29.2 Å². The first-order valence-electron chi connectivity index (χ1n) is 13.5. The fourth-order valence-corrected chi connectivity index (χ4v) is 6.33. The molecule has 2 fully saturated rings. The second-order valence-electron chi connectivity index (χ2n) is 10.2. The summed E-state index contributed by atoms with van der Waals surface area (Å²) in [6.07, 6.45) is -3.67. The summed E-state index contributed by atoms with van der Waals surface area (Å²) in [5.74, 6) is -0.872. The Balaban J connectivity index is 0.000000708. The van der Waals surface area contributed by atoms with Gasteiger partial charge in [-0.05, 0) is 49.4 Å². The van der Waals surface area contributed by atoms with Crippen molar-refractivity contribution in [1.29, 1.82) is 0 Å². The topological polar surface area (TPSA) is 119 Å². The van der Waals surface area contributed by atoms with E-state index in [1.165, 1.54) is 10.7 Å². The zero-order valence-electron chi connectivity index (χ0n) is 23.3. The van der Waals surface area contributed by atoms with Gasteiger partial charge in [0.2, 0.25) is 15.9 Å². The number of piperazine rings is 1. The minimum absolute atomic E-state index is 0.0172. The third kappa shape index (κ3) is 10.9. The van der Waals surface area contributed by atoms with Crippen molar-refractivity contribution in [3.05, 3.63) is 24.3 Å². The van der Waals surface area contributed by atoms with E-state index in [-0.39, 0.29) is 23.8 Å². The number of piperidine rings is 1. The molecule has 228 valence electrons. The maximum Gasteiger partial charge on any atom is 0.490 e. The molecule has 3 rings (SSSR count). The van der Waals surface area contributed by atoms with E-state index in [2.05, 4.69) is 24.1 Å². The van der Waals surface area contributed by atoms with Gasteiger partial charge in [-0.2, -0.15) is 17.5 Å². The fraction of sp³-hybridized carbons (Fsp3) is 0.692. The van der Waals surface area contributed by atoms with Gasteiger partial charge in [-0.3, -0.25) is 4.79 Å². The lowest BCUT2D eigenvalue weighted by molar-refractivity contribution is -0.192. The Labute approximate surface area is 234 Å². The van der Waals surface area contributed by atoms with Gasteiger partial charge >= 0.3 is 12.1 Å². The monoisotopic (exact) mass is 594 g/mol. The van der Waals surface area contributed by atoms with Crippen LogP contribution in [0.25, 0.3) is 0 Å². The van der Waals surface area contributed by atoms with Gasteiger partial charge < -0.3 is 25.0 Å². The number of hydrogen-bond acceptors (Lipinski definition) is 7. The Morgan fingerprint density at radius 2 is 1.62 bits per heavy atom. The molecule has 2 aliphatic rings. The standard InChI is InChI=1S/C24H40N4O4S.C2HF3O2/c1-4-32-22-5-7-23(8-6-22)33(30,31)28(12-9-24(29)27-13-10-25-11-14-27)16-15-26-18-20(2)17-21(3)19-26;3-2(4,5)1(6)7/h5-8,20-21,25H,4,9-19H2,1-3H3;(H,6,7). The number of benzene rings is 1. The normalized spacial score (nSPS) is 20.5. The van der Waals surface area contributed by atoms with Crippen molar-refractivity contribution in [1.82, 2.24) is 19.4 Å². The summed E-state index contributed by atoms with van der Waals surface area (Å²) < 4.78 is 65.7. The van der Waals surface area contributed by atoms with Crippen molar-refractivity contribution in [3.63, 3.8) is 0 Å². The van der Waals surface area contributed by atoms with Crippen LogP contribution in [-0.4, -0.2) is 111 Å². The molecule has 1 aromatic carbocycles. The highest BCUT2D eigenvalue weighted by molar-refractivity contribution is 7.89. The second kappa shape index (κ2) is 15.5. The molecular weight excluding hydrogens is 553 g/mol. The molecule has 10 nitrogen and oxygen atoms in total. The van der Waals surface area contributed by atoms with E-state index in [4.69, 9.17) is 14.6 Å². The Kier molecular flexibility index (Phi) is 13.1. The van der Waals surface area contributed by atoms with Crippen LogP contribution < -0.4 is 10.1 Å². The fourth-order valence-electron chi connectivity index (χ4n) is 4.90. The van der Waals surface area contributed by atoms with Gasteiger partial charge in [0.25, 0.3) is 0 Å². The van der Waals surface area contributed by atoms with Crippen molar-refractivity contribution in [2.75, 3.05) is 65.5 Å². The zero-order chi connectivity index (χ0) is 29.9. The average molecular weight is 595 g/mol. The van der Waals surface area contributed by atoms with Crippen LogP contribution in [0.2, 0.25) is 0 Å². The number of carbonyl (C=O) groups excluding carboxylic acids is 1. The molecule has 2 aliphatic heterocycles. The van der Waals surface area contributed by atoms with Crippen LogP contribution in [0.3, 0.4) is 0 Å². The first-order valence-corrected chi connectivity index (χ1v) is 14.9. The molecule has 14 heteroatoms. The number of carboxylic acids is 1. The van der Waals surface area contributed by atoms with Crippen LogP contribution in [0.4, 0.5) is 13.2 Å². The van der Waals surface area contributed by atoms with Crippen LogP contribution in [-0.2, 0) is 19.6 Å². The molecule has 0 radical (unpaired) electrons. The van der Waals surface area contributed by atoms with Crippen LogP contribution in [0, 0.1) is 11.8 Å². The molecule has 2 atom stereocenters. The predicted molar refractivity (Wildman–Crippen MR) is 144 cm³/mol. The van der Waals surface area contributed by atoms with Crippen molar-refractivity contribution >= 4 is 21.9 Å². The number of sulfonamides is 1. The number of nitrogens with zero attached hydrogens (tertiary/aromatic N) is 3. The van der Waals surface area contributed by atoms with Gasteiger partial charge in [0.15, 0.2) is 0 Å². The van der Waals surface area contributed by atoms with Crippen molar-refractivity contribution in [2.24, 2.45) is 11.8 Å². The Bertz CT molecular complexity index is 1040. The number of carbonyl (C=O) groups is 2. The number of alkyl halides is 3. The number of halogens is 3. The lowest BCUT2D eigenvalue weighted by Gasteiger charge is -2.36. The Hall–Kier alpha value is -2.42. The van der Waals surface area contributed by atoms with Gasteiger partial charge in [-0.15, -0.1) is 0 Å². The largest absolute Gasteiger partial charge is 0.494 e. The van der Waals surface area contributed by atoms with E-state index in [1.54, 1.807) is 24.3 Å². The molecule has 2 heterocycles. The van der Waals surface area contributed by atoms with Crippen LogP contribution in [0.1, 0.15) is 33.6 Å². The highest BCUT2D eigenvalue weighted by Crippen LogP contribution is 2.23. The van der Waals surface area contributed by atoms with Gasteiger partial charge in [0.1, 0.15) is 5.75 Å². The molecule has 2 N–H and O–H groups in total. The number of rotatable bonds is 10. The minimum atomic E-state index is -5.08. The smallest absolute Gasteiger partial charge is 0.490 e. The number of ether oxygens (including phenoxy) is 1. The minimum Gasteiger partial charge on any atom is -0.494 e. The van der Waals surface area contributed by atoms with E-state index < -0.39 is 22.2 Å². The molecule has 40 heavy (non-hydrogen) atoms. The SMILES string of the molecule is CCOc1ccc(S(=O)(=O)N(CCC(=O)N2CCNCC2)CCN2CC(C)CC(C)C2)cc1.O=C(O)C(F)(F)F. The van der Waals surface area contributed by atoms with E-state index in [0.717, 1.165) is 26.2 Å². The predicted octanol–water partition coefficient (Wildman–Crippen LogP) is 2.51. The molecule has 1 amide bonds. The van der Waals surface area contributed by atoms with Crippen molar-refractivity contribution < 1.29 is 41.0 Å².